The molecule has 12 heteroatoms. The lowest BCUT2D eigenvalue weighted by molar-refractivity contribution is -0.115. The number of ether oxygens (including phenoxy) is 2. The maximum atomic E-state index is 13.0. The first-order valence-corrected chi connectivity index (χ1v) is 13.8. The number of H-pyrrole nitrogens is 1. The van der Waals surface area contributed by atoms with Crippen LogP contribution in [0, 0.1) is 0 Å². The summed E-state index contributed by atoms with van der Waals surface area (Å²) in [5, 5.41) is 10.1. The summed E-state index contributed by atoms with van der Waals surface area (Å²) in [4.78, 5) is 44.4. The molecular formula is C30H24N6O5S. The van der Waals surface area contributed by atoms with Crippen LogP contribution in [0.5, 0.6) is 11.5 Å². The van der Waals surface area contributed by atoms with Gasteiger partial charge in [0.1, 0.15) is 17.3 Å². The molecule has 3 aromatic carbocycles. The fourth-order valence-electron chi connectivity index (χ4n) is 4.56. The SMILES string of the molecule is CCOc1cc(-c2cccc(/C=C3\SC(=O)NC3=O)c2)ccc1-c1nc2c(nnn2Cc2ccc(OC)cc2)c(=O)[nH]1. The van der Waals surface area contributed by atoms with Gasteiger partial charge in [-0.15, -0.1) is 5.10 Å². The molecule has 3 heterocycles. The number of benzene rings is 3. The van der Waals surface area contributed by atoms with Crippen LogP contribution in [0.4, 0.5) is 4.79 Å². The molecule has 0 spiro atoms. The van der Waals surface area contributed by atoms with Crippen molar-refractivity contribution in [3.63, 3.8) is 0 Å². The molecule has 0 bridgehead atoms. The van der Waals surface area contributed by atoms with E-state index in [1.165, 1.54) is 0 Å². The molecule has 0 radical (unpaired) electrons. The average Bonchev–Trinajstić information content (AvgIpc) is 3.55. The van der Waals surface area contributed by atoms with E-state index in [4.69, 9.17) is 14.5 Å². The number of amides is 2. The number of nitrogens with zero attached hydrogens (tertiary/aromatic N) is 4. The van der Waals surface area contributed by atoms with Gasteiger partial charge in [-0.05, 0) is 77.3 Å². The largest absolute Gasteiger partial charge is 0.497 e. The van der Waals surface area contributed by atoms with Crippen LogP contribution in [0.3, 0.4) is 0 Å². The first-order valence-electron chi connectivity index (χ1n) is 13.0. The zero-order chi connectivity index (χ0) is 29.2. The van der Waals surface area contributed by atoms with Crippen LogP contribution in [-0.4, -0.2) is 49.8 Å². The molecule has 42 heavy (non-hydrogen) atoms. The third-order valence-corrected chi connectivity index (χ3v) is 7.37. The van der Waals surface area contributed by atoms with Crippen LogP contribution >= 0.6 is 11.8 Å². The molecule has 0 unspecified atom stereocenters. The van der Waals surface area contributed by atoms with E-state index in [1.807, 2.05) is 73.7 Å². The molecule has 1 fully saturated rings. The van der Waals surface area contributed by atoms with E-state index in [0.29, 0.717) is 40.8 Å². The number of rotatable bonds is 8. The van der Waals surface area contributed by atoms with E-state index in [1.54, 1.807) is 17.9 Å². The van der Waals surface area contributed by atoms with Crippen molar-refractivity contribution < 1.29 is 19.1 Å². The Morgan fingerprint density at radius 3 is 2.55 bits per heavy atom. The van der Waals surface area contributed by atoms with Crippen LogP contribution in [0.25, 0.3) is 39.8 Å². The second kappa shape index (κ2) is 11.3. The summed E-state index contributed by atoms with van der Waals surface area (Å²) in [5.74, 6) is 1.20. The second-order valence-corrected chi connectivity index (χ2v) is 10.3. The Balaban J connectivity index is 1.36. The molecule has 2 aromatic heterocycles. The summed E-state index contributed by atoms with van der Waals surface area (Å²) in [5.41, 5.74) is 4.15. The molecule has 0 aliphatic carbocycles. The average molecular weight is 581 g/mol. The highest BCUT2D eigenvalue weighted by molar-refractivity contribution is 8.18. The fraction of sp³-hybridized carbons (Fsp3) is 0.133. The molecule has 2 amide bonds. The molecule has 1 saturated heterocycles. The number of thioether (sulfide) groups is 1. The van der Waals surface area contributed by atoms with Crippen molar-refractivity contribution in [1.82, 2.24) is 30.3 Å². The molecule has 5 aromatic rings. The molecule has 2 N–H and O–H groups in total. The Morgan fingerprint density at radius 2 is 1.81 bits per heavy atom. The van der Waals surface area contributed by atoms with Gasteiger partial charge in [0, 0.05) is 0 Å². The molecular weight excluding hydrogens is 556 g/mol. The van der Waals surface area contributed by atoms with Crippen molar-refractivity contribution in [3.05, 3.63) is 93.1 Å². The van der Waals surface area contributed by atoms with Gasteiger partial charge in [-0.2, -0.15) is 0 Å². The van der Waals surface area contributed by atoms with Gasteiger partial charge < -0.3 is 14.5 Å². The number of imide groups is 1. The summed E-state index contributed by atoms with van der Waals surface area (Å²) in [6, 6.07) is 20.8. The number of fused-ring (bicyclic) bond motifs is 1. The number of hydrogen-bond acceptors (Lipinski definition) is 9. The molecule has 11 nitrogen and oxygen atoms in total. The fourth-order valence-corrected chi connectivity index (χ4v) is 5.24. The van der Waals surface area contributed by atoms with Gasteiger partial charge >= 0.3 is 0 Å². The predicted octanol–water partition coefficient (Wildman–Crippen LogP) is 4.63. The zero-order valence-corrected chi connectivity index (χ0v) is 23.4. The van der Waals surface area contributed by atoms with E-state index in [-0.39, 0.29) is 10.8 Å². The first kappa shape index (κ1) is 27.0. The lowest BCUT2D eigenvalue weighted by Gasteiger charge is -2.13. The zero-order valence-electron chi connectivity index (χ0n) is 22.6. The van der Waals surface area contributed by atoms with Crippen LogP contribution in [0.15, 0.2) is 76.4 Å². The van der Waals surface area contributed by atoms with Gasteiger partial charge in [0.2, 0.25) is 0 Å². The van der Waals surface area contributed by atoms with Crippen LogP contribution < -0.4 is 20.3 Å². The minimum Gasteiger partial charge on any atom is -0.497 e. The predicted molar refractivity (Wildman–Crippen MR) is 159 cm³/mol. The van der Waals surface area contributed by atoms with E-state index in [2.05, 4.69) is 20.6 Å². The highest BCUT2D eigenvalue weighted by Crippen LogP contribution is 2.34. The lowest BCUT2D eigenvalue weighted by atomic mass is 10.0. The summed E-state index contributed by atoms with van der Waals surface area (Å²) in [6.07, 6.45) is 1.68. The maximum Gasteiger partial charge on any atom is 0.290 e. The standard InChI is InChI=1S/C30H24N6O5S/c1-3-41-23-15-20(19-6-4-5-18(13-19)14-24-28(37)33-30(39)42-24)9-12-22(23)26-31-27-25(29(38)32-26)34-35-36(27)16-17-7-10-21(40-2)11-8-17/h4-15H,3,16H2,1-2H3,(H,31,32,38)(H,33,37,39)/b24-14-. The summed E-state index contributed by atoms with van der Waals surface area (Å²) >= 11 is 0.874. The summed E-state index contributed by atoms with van der Waals surface area (Å²) in [6.45, 7) is 2.64. The van der Waals surface area contributed by atoms with Gasteiger partial charge in [0.15, 0.2) is 11.2 Å². The lowest BCUT2D eigenvalue weighted by Crippen LogP contribution is -2.17. The smallest absolute Gasteiger partial charge is 0.290 e. The molecule has 0 saturated carbocycles. The Kier molecular flexibility index (Phi) is 7.28. The van der Waals surface area contributed by atoms with Crippen LogP contribution in [0.1, 0.15) is 18.1 Å². The van der Waals surface area contributed by atoms with Crippen LogP contribution in [-0.2, 0) is 11.3 Å². The van der Waals surface area contributed by atoms with Crippen molar-refractivity contribution in [2.75, 3.05) is 13.7 Å². The van der Waals surface area contributed by atoms with Crippen molar-refractivity contribution in [1.29, 1.82) is 0 Å². The van der Waals surface area contributed by atoms with Gasteiger partial charge in [-0.25, -0.2) is 9.67 Å². The number of aromatic amines is 1. The van der Waals surface area contributed by atoms with Crippen molar-refractivity contribution in [3.8, 4) is 34.0 Å². The van der Waals surface area contributed by atoms with E-state index < -0.39 is 11.5 Å². The number of hydrogen-bond donors (Lipinski definition) is 2. The van der Waals surface area contributed by atoms with Crippen molar-refractivity contribution >= 4 is 40.1 Å². The minimum atomic E-state index is -0.407. The van der Waals surface area contributed by atoms with E-state index in [9.17, 15) is 14.4 Å². The second-order valence-electron chi connectivity index (χ2n) is 9.30. The van der Waals surface area contributed by atoms with Gasteiger partial charge in [0.05, 0.1) is 30.7 Å². The Labute approximate surface area is 243 Å². The van der Waals surface area contributed by atoms with Gasteiger partial charge in [-0.3, -0.25) is 19.7 Å². The summed E-state index contributed by atoms with van der Waals surface area (Å²) < 4.78 is 12.8. The molecule has 0 atom stereocenters. The molecule has 1 aliphatic rings. The number of methoxy groups -OCH3 is 1. The van der Waals surface area contributed by atoms with Crippen LogP contribution in [0.2, 0.25) is 0 Å². The third kappa shape index (κ3) is 5.39. The molecule has 210 valence electrons. The van der Waals surface area contributed by atoms with Gasteiger partial charge in [0.25, 0.3) is 16.7 Å². The molecule has 1 aliphatic heterocycles. The topological polar surface area (TPSA) is 141 Å². The molecule has 6 rings (SSSR count). The normalized spacial score (nSPS) is 14.0. The number of nitrogens with one attached hydrogen (secondary N) is 2. The number of carbonyl (C=O) groups is 2. The highest BCUT2D eigenvalue weighted by atomic mass is 32.2. The Hall–Kier alpha value is -5.23. The Bertz CT molecular complexity index is 1930. The van der Waals surface area contributed by atoms with Crippen molar-refractivity contribution in [2.45, 2.75) is 13.5 Å². The quantitative estimate of drug-likeness (QED) is 0.251. The van der Waals surface area contributed by atoms with Crippen molar-refractivity contribution in [2.24, 2.45) is 0 Å². The number of aromatic nitrogens is 5. The minimum absolute atomic E-state index is 0.142. The van der Waals surface area contributed by atoms with E-state index in [0.717, 1.165) is 39.8 Å². The maximum absolute atomic E-state index is 13.0. The van der Waals surface area contributed by atoms with Gasteiger partial charge in [-0.1, -0.05) is 41.6 Å². The third-order valence-electron chi connectivity index (χ3n) is 6.56. The highest BCUT2D eigenvalue weighted by Gasteiger charge is 2.25. The summed E-state index contributed by atoms with van der Waals surface area (Å²) in [7, 11) is 1.61. The first-order chi connectivity index (χ1) is 20.4. The Morgan fingerprint density at radius 1 is 1.00 bits per heavy atom. The van der Waals surface area contributed by atoms with E-state index >= 15 is 0 Å². The number of carbonyl (C=O) groups excluding carboxylic acids is 2. The monoisotopic (exact) mass is 580 g/mol.